The molecule has 3 nitrogen and oxygen atoms in total. The first-order valence-corrected chi connectivity index (χ1v) is 4.22. The van der Waals surface area contributed by atoms with E-state index in [-0.39, 0.29) is 5.92 Å². The summed E-state index contributed by atoms with van der Waals surface area (Å²) < 4.78 is 1.34. The summed E-state index contributed by atoms with van der Waals surface area (Å²) >= 11 is 6.02. The fourth-order valence-electron chi connectivity index (χ4n) is 0.594. The van der Waals surface area contributed by atoms with Gasteiger partial charge in [0, 0.05) is 32.3 Å². The maximum Gasteiger partial charge on any atom is 0.323 e. The molecule has 0 aromatic rings. The van der Waals surface area contributed by atoms with Crippen molar-refractivity contribution in [2.45, 2.75) is 19.9 Å². The van der Waals surface area contributed by atoms with Crippen molar-refractivity contribution >= 4 is 38.3 Å². The molecule has 5 heteroatoms. The van der Waals surface area contributed by atoms with Gasteiger partial charge < -0.3 is 5.11 Å². The second-order valence-electron chi connectivity index (χ2n) is 2.29. The third-order valence-electron chi connectivity index (χ3n) is 1.09. The van der Waals surface area contributed by atoms with E-state index in [2.05, 4.69) is 32.3 Å². The van der Waals surface area contributed by atoms with E-state index in [1.165, 1.54) is 2.95 Å². The average molecular weight is 275 g/mol. The molecule has 0 saturated carbocycles. The molecule has 0 bridgehead atoms. The van der Waals surface area contributed by atoms with Crippen LogP contribution >= 0.6 is 32.3 Å². The van der Waals surface area contributed by atoms with Gasteiger partial charge in [-0.2, -0.15) is 2.95 Å². The molecule has 0 radical (unpaired) electrons. The van der Waals surface area contributed by atoms with Gasteiger partial charge in [0.25, 0.3) is 0 Å². The number of aliphatic carboxylic acids is 1. The number of nitrogens with zero attached hydrogens (tertiary/aromatic N) is 1. The van der Waals surface area contributed by atoms with Crippen molar-refractivity contribution in [2.75, 3.05) is 0 Å². The topological polar surface area (TPSA) is 40.5 Å². The van der Waals surface area contributed by atoms with Gasteiger partial charge in [-0.05, 0) is 5.92 Å². The van der Waals surface area contributed by atoms with Crippen LogP contribution in [-0.4, -0.2) is 20.1 Å². The molecular formula is C5H9Br2NO2. The van der Waals surface area contributed by atoms with Crippen molar-refractivity contribution < 1.29 is 9.90 Å². The van der Waals surface area contributed by atoms with Crippen LogP contribution < -0.4 is 0 Å². The number of carboxylic acid groups (broad SMARTS) is 1. The van der Waals surface area contributed by atoms with Crippen LogP contribution in [0.2, 0.25) is 0 Å². The van der Waals surface area contributed by atoms with Crippen molar-refractivity contribution in [3.63, 3.8) is 0 Å². The molecule has 0 aromatic carbocycles. The molecule has 0 aromatic heterocycles. The minimum absolute atomic E-state index is 0.0660. The summed E-state index contributed by atoms with van der Waals surface area (Å²) in [5.41, 5.74) is 0. The highest BCUT2D eigenvalue weighted by molar-refractivity contribution is 9.21. The number of hydrogen-bond donors (Lipinski definition) is 1. The molecule has 1 atom stereocenters. The van der Waals surface area contributed by atoms with Crippen LogP contribution in [0.4, 0.5) is 0 Å². The lowest BCUT2D eigenvalue weighted by molar-refractivity contribution is -0.141. The first kappa shape index (κ1) is 10.4. The predicted molar refractivity (Wildman–Crippen MR) is 46.0 cm³/mol. The Bertz CT molecular complexity index is 119. The van der Waals surface area contributed by atoms with Crippen molar-refractivity contribution in [1.29, 1.82) is 0 Å². The van der Waals surface area contributed by atoms with Gasteiger partial charge >= 0.3 is 5.97 Å². The van der Waals surface area contributed by atoms with Gasteiger partial charge in [-0.25, -0.2) is 0 Å². The van der Waals surface area contributed by atoms with E-state index in [9.17, 15) is 4.79 Å². The van der Waals surface area contributed by atoms with E-state index in [0.29, 0.717) is 0 Å². The molecule has 0 amide bonds. The van der Waals surface area contributed by atoms with Crippen LogP contribution in [-0.2, 0) is 4.79 Å². The summed E-state index contributed by atoms with van der Waals surface area (Å²) in [6.07, 6.45) is 0. The van der Waals surface area contributed by atoms with Crippen molar-refractivity contribution in [3.05, 3.63) is 0 Å². The number of hydrogen-bond acceptors (Lipinski definition) is 2. The monoisotopic (exact) mass is 273 g/mol. The lowest BCUT2D eigenvalue weighted by Gasteiger charge is -2.18. The van der Waals surface area contributed by atoms with Crippen LogP contribution in [0.1, 0.15) is 13.8 Å². The Labute approximate surface area is 77.1 Å². The first-order chi connectivity index (χ1) is 4.46. The van der Waals surface area contributed by atoms with Crippen LogP contribution in [0, 0.1) is 5.92 Å². The molecule has 0 heterocycles. The maximum atomic E-state index is 10.5. The van der Waals surface area contributed by atoms with Crippen LogP contribution in [0.5, 0.6) is 0 Å². The smallest absolute Gasteiger partial charge is 0.323 e. The quantitative estimate of drug-likeness (QED) is 0.801. The molecule has 0 spiro atoms. The van der Waals surface area contributed by atoms with Gasteiger partial charge in [0.2, 0.25) is 0 Å². The molecule has 0 aliphatic heterocycles. The summed E-state index contributed by atoms with van der Waals surface area (Å²) in [6.45, 7) is 3.68. The minimum atomic E-state index is -0.844. The minimum Gasteiger partial charge on any atom is -0.480 e. The van der Waals surface area contributed by atoms with E-state index in [4.69, 9.17) is 5.11 Å². The summed E-state index contributed by atoms with van der Waals surface area (Å²) in [4.78, 5) is 10.5. The summed E-state index contributed by atoms with van der Waals surface area (Å²) in [5.74, 6) is -0.778. The Morgan fingerprint density at radius 1 is 1.50 bits per heavy atom. The average Bonchev–Trinajstić information content (AvgIpc) is 1.59. The summed E-state index contributed by atoms with van der Waals surface area (Å²) in [6, 6.07) is -0.528. The normalized spacial score (nSPS) is 14.2. The number of carboxylic acids is 1. The fourth-order valence-corrected chi connectivity index (χ4v) is 1.89. The zero-order chi connectivity index (χ0) is 8.31. The number of rotatable bonds is 3. The molecule has 0 fully saturated rings. The Morgan fingerprint density at radius 2 is 1.90 bits per heavy atom. The lowest BCUT2D eigenvalue weighted by atomic mass is 10.1. The third-order valence-corrected chi connectivity index (χ3v) is 1.98. The maximum absolute atomic E-state index is 10.5. The first-order valence-electron chi connectivity index (χ1n) is 2.80. The van der Waals surface area contributed by atoms with E-state index in [1.54, 1.807) is 0 Å². The Morgan fingerprint density at radius 3 is 1.90 bits per heavy atom. The SMILES string of the molecule is CC(C)[C@@H](C(=O)O)N(Br)Br. The molecule has 1 N–H and O–H groups in total. The number of halogens is 2. The van der Waals surface area contributed by atoms with Crippen molar-refractivity contribution in [1.82, 2.24) is 2.95 Å². The molecule has 60 valence electrons. The highest BCUT2D eigenvalue weighted by Gasteiger charge is 2.25. The summed E-state index contributed by atoms with van der Waals surface area (Å²) in [5, 5.41) is 8.61. The van der Waals surface area contributed by atoms with E-state index >= 15 is 0 Å². The highest BCUT2D eigenvalue weighted by atomic mass is 79.9. The largest absolute Gasteiger partial charge is 0.480 e. The molecule has 0 saturated heterocycles. The number of carbonyl (C=O) groups is 1. The Hall–Kier alpha value is 0.390. The molecule has 0 unspecified atom stereocenters. The van der Waals surface area contributed by atoms with Crippen LogP contribution in [0.25, 0.3) is 0 Å². The second-order valence-corrected chi connectivity index (χ2v) is 4.77. The van der Waals surface area contributed by atoms with Crippen molar-refractivity contribution in [2.24, 2.45) is 5.92 Å². The van der Waals surface area contributed by atoms with E-state index in [0.717, 1.165) is 0 Å². The van der Waals surface area contributed by atoms with Gasteiger partial charge in [0.1, 0.15) is 6.04 Å². The van der Waals surface area contributed by atoms with Crippen LogP contribution in [0.15, 0.2) is 0 Å². The third kappa shape index (κ3) is 2.98. The van der Waals surface area contributed by atoms with Gasteiger partial charge in [-0.3, -0.25) is 4.79 Å². The molecular weight excluding hydrogens is 266 g/mol. The van der Waals surface area contributed by atoms with E-state index < -0.39 is 12.0 Å². The van der Waals surface area contributed by atoms with Gasteiger partial charge in [-0.1, -0.05) is 13.8 Å². The van der Waals surface area contributed by atoms with Gasteiger partial charge in [0.15, 0.2) is 0 Å². The molecule has 0 aliphatic carbocycles. The molecule has 0 aliphatic rings. The predicted octanol–water partition coefficient (Wildman–Crippen LogP) is 2.02. The second kappa shape index (κ2) is 4.31. The van der Waals surface area contributed by atoms with Crippen LogP contribution in [0.3, 0.4) is 0 Å². The Balaban J connectivity index is 4.12. The highest BCUT2D eigenvalue weighted by Crippen LogP contribution is 2.18. The van der Waals surface area contributed by atoms with Gasteiger partial charge in [0.05, 0.1) is 0 Å². The molecule has 0 rings (SSSR count). The zero-order valence-corrected chi connectivity index (χ0v) is 8.89. The Kier molecular flexibility index (Phi) is 4.47. The molecule has 10 heavy (non-hydrogen) atoms. The van der Waals surface area contributed by atoms with Gasteiger partial charge in [-0.15, -0.1) is 0 Å². The van der Waals surface area contributed by atoms with E-state index in [1.807, 2.05) is 13.8 Å². The van der Waals surface area contributed by atoms with Crippen molar-refractivity contribution in [3.8, 4) is 0 Å². The summed E-state index contributed by atoms with van der Waals surface area (Å²) in [7, 11) is 0. The standard InChI is InChI=1S/C5H9Br2NO2/c1-3(2)4(5(9)10)8(6)7/h3-4H,1-2H3,(H,9,10)/t4-/m0/s1. The fraction of sp³-hybridized carbons (Fsp3) is 0.800. The lowest BCUT2D eigenvalue weighted by Crippen LogP contribution is -2.33. The zero-order valence-electron chi connectivity index (χ0n) is 5.71.